The maximum Gasteiger partial charge on any atom is 0.311 e. The van der Waals surface area contributed by atoms with Gasteiger partial charge in [0.25, 0.3) is 0 Å². The minimum Gasteiger partial charge on any atom is -0.396 e. The van der Waals surface area contributed by atoms with Crippen molar-refractivity contribution in [2.45, 2.75) is 19.4 Å². The lowest BCUT2D eigenvalue weighted by molar-refractivity contribution is -0.384. The number of para-hydroxylation sites is 1. The van der Waals surface area contributed by atoms with Crippen molar-refractivity contribution < 1.29 is 10.0 Å². The normalized spacial score (nSPS) is 12.3. The molecule has 1 unspecified atom stereocenters. The van der Waals surface area contributed by atoms with Crippen LogP contribution in [0.3, 0.4) is 0 Å². The first-order valence-corrected chi connectivity index (χ1v) is 6.03. The van der Waals surface area contributed by atoms with Crippen LogP contribution in [0.2, 0.25) is 0 Å². The van der Waals surface area contributed by atoms with Gasteiger partial charge in [-0.15, -0.1) is 0 Å². The molecule has 1 aromatic carbocycles. The van der Waals surface area contributed by atoms with Crippen LogP contribution in [0.15, 0.2) is 30.5 Å². The third-order valence-corrected chi connectivity index (χ3v) is 2.90. The van der Waals surface area contributed by atoms with E-state index in [4.69, 9.17) is 5.11 Å². The minimum absolute atomic E-state index is 0.0327. The number of aromatic nitrogens is 1. The fourth-order valence-electron chi connectivity index (χ4n) is 1.93. The molecule has 0 radical (unpaired) electrons. The first-order chi connectivity index (χ1) is 9.13. The number of hydrogen-bond donors (Lipinski definition) is 2. The van der Waals surface area contributed by atoms with Crippen LogP contribution in [-0.4, -0.2) is 27.7 Å². The van der Waals surface area contributed by atoms with Crippen LogP contribution in [0.5, 0.6) is 0 Å². The molecule has 0 amide bonds. The van der Waals surface area contributed by atoms with Crippen molar-refractivity contribution in [2.75, 3.05) is 11.9 Å². The molecule has 2 aromatic rings. The lowest BCUT2D eigenvalue weighted by atomic mass is 10.1. The molecule has 1 aromatic heterocycles. The molecular formula is C13H15N3O3. The zero-order valence-electron chi connectivity index (χ0n) is 10.5. The number of nitrogens with one attached hydrogen (secondary N) is 1. The van der Waals surface area contributed by atoms with Gasteiger partial charge in [0.2, 0.25) is 0 Å². The maximum absolute atomic E-state index is 11.1. The van der Waals surface area contributed by atoms with Gasteiger partial charge in [-0.2, -0.15) is 0 Å². The molecular weight excluding hydrogens is 246 g/mol. The van der Waals surface area contributed by atoms with Crippen molar-refractivity contribution in [3.05, 3.63) is 40.6 Å². The third-order valence-electron chi connectivity index (χ3n) is 2.90. The molecule has 0 aliphatic rings. The number of pyridine rings is 1. The summed E-state index contributed by atoms with van der Waals surface area (Å²) in [6.07, 6.45) is 1.78. The summed E-state index contributed by atoms with van der Waals surface area (Å²) >= 11 is 0. The average molecular weight is 261 g/mol. The second-order valence-corrected chi connectivity index (χ2v) is 4.35. The van der Waals surface area contributed by atoms with Crippen LogP contribution in [-0.2, 0) is 0 Å². The Morgan fingerprint density at radius 3 is 2.89 bits per heavy atom. The molecule has 19 heavy (non-hydrogen) atoms. The Morgan fingerprint density at radius 2 is 2.21 bits per heavy atom. The third kappa shape index (κ3) is 2.79. The molecule has 0 fully saturated rings. The van der Waals surface area contributed by atoms with E-state index in [-0.39, 0.29) is 18.3 Å². The van der Waals surface area contributed by atoms with Gasteiger partial charge in [-0.25, -0.2) is 4.98 Å². The standard InChI is InChI=1S/C13H15N3O3/c1-9(6-7-17)15-13-10-4-2-3-5-11(10)14-8-12(13)16(18)19/h2-5,8-9,17H,6-7H2,1H3,(H,14,15). The first kappa shape index (κ1) is 13.2. The molecule has 0 saturated carbocycles. The molecule has 1 atom stereocenters. The Balaban J connectivity index is 2.52. The number of fused-ring (bicyclic) bond motifs is 1. The topological polar surface area (TPSA) is 88.3 Å². The zero-order valence-corrected chi connectivity index (χ0v) is 10.5. The highest BCUT2D eigenvalue weighted by atomic mass is 16.6. The van der Waals surface area contributed by atoms with Gasteiger partial charge in [0, 0.05) is 18.0 Å². The smallest absolute Gasteiger partial charge is 0.311 e. The maximum atomic E-state index is 11.1. The van der Waals surface area contributed by atoms with Crippen molar-refractivity contribution in [1.82, 2.24) is 4.98 Å². The minimum atomic E-state index is -0.451. The largest absolute Gasteiger partial charge is 0.396 e. The van der Waals surface area contributed by atoms with Crippen LogP contribution >= 0.6 is 0 Å². The van der Waals surface area contributed by atoms with Crippen molar-refractivity contribution in [1.29, 1.82) is 0 Å². The summed E-state index contributed by atoms with van der Waals surface area (Å²) in [6.45, 7) is 1.90. The summed E-state index contributed by atoms with van der Waals surface area (Å²) in [7, 11) is 0. The van der Waals surface area contributed by atoms with Crippen molar-refractivity contribution in [3.8, 4) is 0 Å². The van der Waals surface area contributed by atoms with Gasteiger partial charge < -0.3 is 10.4 Å². The average Bonchev–Trinajstić information content (AvgIpc) is 2.39. The number of anilines is 1. The predicted octanol–water partition coefficient (Wildman–Crippen LogP) is 2.33. The van der Waals surface area contributed by atoms with Gasteiger partial charge in [-0.1, -0.05) is 18.2 Å². The summed E-state index contributed by atoms with van der Waals surface area (Å²) in [6, 6.07) is 7.19. The SMILES string of the molecule is CC(CCO)Nc1c([N+](=O)[O-])cnc2ccccc12. The molecule has 6 heteroatoms. The van der Waals surface area contributed by atoms with E-state index in [0.29, 0.717) is 23.0 Å². The molecule has 100 valence electrons. The molecule has 0 spiro atoms. The molecule has 0 aliphatic heterocycles. The number of aliphatic hydroxyl groups excluding tert-OH is 1. The van der Waals surface area contributed by atoms with E-state index in [9.17, 15) is 10.1 Å². The van der Waals surface area contributed by atoms with Crippen LogP contribution < -0.4 is 5.32 Å². The summed E-state index contributed by atoms with van der Waals surface area (Å²) < 4.78 is 0. The Morgan fingerprint density at radius 1 is 1.47 bits per heavy atom. The molecule has 0 saturated heterocycles. The van der Waals surface area contributed by atoms with Gasteiger partial charge in [-0.3, -0.25) is 10.1 Å². The van der Waals surface area contributed by atoms with E-state index in [0.717, 1.165) is 0 Å². The van der Waals surface area contributed by atoms with Crippen molar-refractivity contribution >= 4 is 22.3 Å². The predicted molar refractivity (Wildman–Crippen MR) is 73.2 cm³/mol. The number of rotatable bonds is 5. The monoisotopic (exact) mass is 261 g/mol. The number of aliphatic hydroxyl groups is 1. The van der Waals surface area contributed by atoms with Crippen LogP contribution in [0.25, 0.3) is 10.9 Å². The van der Waals surface area contributed by atoms with Gasteiger partial charge >= 0.3 is 5.69 Å². The Hall–Kier alpha value is -2.21. The second-order valence-electron chi connectivity index (χ2n) is 4.35. The number of hydrogen-bond acceptors (Lipinski definition) is 5. The van der Waals surface area contributed by atoms with Crippen molar-refractivity contribution in [2.24, 2.45) is 0 Å². The van der Waals surface area contributed by atoms with Crippen molar-refractivity contribution in [3.63, 3.8) is 0 Å². The van der Waals surface area contributed by atoms with Gasteiger partial charge in [0.1, 0.15) is 11.9 Å². The lowest BCUT2D eigenvalue weighted by Crippen LogP contribution is -2.17. The number of nitrogens with zero attached hydrogens (tertiary/aromatic N) is 2. The molecule has 0 aliphatic carbocycles. The second kappa shape index (κ2) is 5.62. The lowest BCUT2D eigenvalue weighted by Gasteiger charge is -2.15. The summed E-state index contributed by atoms with van der Waals surface area (Å²) in [5.74, 6) is 0. The highest BCUT2D eigenvalue weighted by molar-refractivity contribution is 5.95. The van der Waals surface area contributed by atoms with E-state index in [2.05, 4.69) is 10.3 Å². The Labute approximate surface area is 110 Å². The summed E-state index contributed by atoms with van der Waals surface area (Å²) in [5.41, 5.74) is 1.10. The molecule has 2 rings (SSSR count). The number of nitro groups is 1. The zero-order chi connectivity index (χ0) is 13.8. The quantitative estimate of drug-likeness (QED) is 0.637. The van der Waals surface area contributed by atoms with Gasteiger partial charge in [0.15, 0.2) is 0 Å². The van der Waals surface area contributed by atoms with E-state index < -0.39 is 4.92 Å². The fraction of sp³-hybridized carbons (Fsp3) is 0.308. The molecule has 0 bridgehead atoms. The van der Waals surface area contributed by atoms with Crippen LogP contribution in [0.4, 0.5) is 11.4 Å². The fourth-order valence-corrected chi connectivity index (χ4v) is 1.93. The van der Waals surface area contributed by atoms with Gasteiger partial charge in [0.05, 0.1) is 10.4 Å². The van der Waals surface area contributed by atoms with Gasteiger partial charge in [-0.05, 0) is 19.4 Å². The summed E-state index contributed by atoms with van der Waals surface area (Å²) in [5, 5.41) is 23.8. The molecule has 2 N–H and O–H groups in total. The van der Waals surface area contributed by atoms with E-state index >= 15 is 0 Å². The first-order valence-electron chi connectivity index (χ1n) is 6.03. The Bertz CT molecular complexity index is 601. The highest BCUT2D eigenvalue weighted by Crippen LogP contribution is 2.31. The van der Waals surface area contributed by atoms with E-state index in [1.807, 2.05) is 19.1 Å². The van der Waals surface area contributed by atoms with Crippen LogP contribution in [0.1, 0.15) is 13.3 Å². The van der Waals surface area contributed by atoms with E-state index in [1.165, 1.54) is 6.20 Å². The Kier molecular flexibility index (Phi) is 3.91. The number of benzene rings is 1. The molecule has 1 heterocycles. The highest BCUT2D eigenvalue weighted by Gasteiger charge is 2.19. The van der Waals surface area contributed by atoms with Crippen LogP contribution in [0, 0.1) is 10.1 Å². The summed E-state index contributed by atoms with van der Waals surface area (Å²) in [4.78, 5) is 14.7. The molecule has 6 nitrogen and oxygen atoms in total. The van der Waals surface area contributed by atoms with E-state index in [1.54, 1.807) is 12.1 Å².